The van der Waals surface area contributed by atoms with Crippen LogP contribution < -0.4 is 10.2 Å². The second kappa shape index (κ2) is 5.09. The van der Waals surface area contributed by atoms with Crippen LogP contribution in [0.5, 0.6) is 0 Å². The van der Waals surface area contributed by atoms with E-state index >= 15 is 0 Å². The van der Waals surface area contributed by atoms with E-state index in [-0.39, 0.29) is 18.4 Å². The first-order valence-electron chi connectivity index (χ1n) is 6.11. The molecular formula is C15H11BrN2O2. The molecule has 1 N–H and O–H groups in total. The highest BCUT2D eigenvalue weighted by Crippen LogP contribution is 2.27. The van der Waals surface area contributed by atoms with E-state index in [1.165, 1.54) is 4.90 Å². The summed E-state index contributed by atoms with van der Waals surface area (Å²) in [4.78, 5) is 26.1. The van der Waals surface area contributed by atoms with E-state index in [4.69, 9.17) is 0 Å². The summed E-state index contributed by atoms with van der Waals surface area (Å²) in [6.45, 7) is 0.00907. The number of benzene rings is 2. The van der Waals surface area contributed by atoms with Crippen LogP contribution in [0.25, 0.3) is 0 Å². The summed E-state index contributed by atoms with van der Waals surface area (Å²) in [7, 11) is 0. The molecule has 2 aromatic carbocycles. The minimum Gasteiger partial charge on any atom is -0.324 e. The molecule has 0 unspecified atom stereocenters. The van der Waals surface area contributed by atoms with Crippen molar-refractivity contribution in [2.45, 2.75) is 0 Å². The standard InChI is InChI=1S/C15H11BrN2O2/c16-10-6-7-13-12(8-10)15(20)18(9-14(19)17-13)11-4-2-1-3-5-11/h1-8H,9H2,(H,17,19). The van der Waals surface area contributed by atoms with Gasteiger partial charge in [0.15, 0.2) is 0 Å². The van der Waals surface area contributed by atoms with Crippen molar-refractivity contribution >= 4 is 39.1 Å². The zero-order valence-electron chi connectivity index (χ0n) is 10.5. The lowest BCUT2D eigenvalue weighted by molar-refractivity contribution is -0.114. The van der Waals surface area contributed by atoms with Gasteiger partial charge in [0.25, 0.3) is 5.91 Å². The predicted octanol–water partition coefficient (Wildman–Crippen LogP) is 3.05. The Morgan fingerprint density at radius 3 is 2.55 bits per heavy atom. The smallest absolute Gasteiger partial charge is 0.260 e. The van der Waals surface area contributed by atoms with Crippen molar-refractivity contribution < 1.29 is 9.59 Å². The zero-order chi connectivity index (χ0) is 14.1. The van der Waals surface area contributed by atoms with Crippen LogP contribution in [-0.2, 0) is 4.79 Å². The number of amides is 2. The summed E-state index contributed by atoms with van der Waals surface area (Å²) >= 11 is 3.35. The van der Waals surface area contributed by atoms with Crippen molar-refractivity contribution in [1.82, 2.24) is 0 Å². The summed E-state index contributed by atoms with van der Waals surface area (Å²) in [5.74, 6) is -0.394. The van der Waals surface area contributed by atoms with E-state index in [0.717, 1.165) is 4.47 Å². The summed E-state index contributed by atoms with van der Waals surface area (Å²) < 4.78 is 0.800. The summed E-state index contributed by atoms with van der Waals surface area (Å²) in [5.41, 5.74) is 1.73. The molecule has 4 nitrogen and oxygen atoms in total. The number of carbonyl (C=O) groups is 2. The van der Waals surface area contributed by atoms with Gasteiger partial charge in [-0.25, -0.2) is 0 Å². The van der Waals surface area contributed by atoms with Crippen LogP contribution in [0.1, 0.15) is 10.4 Å². The molecule has 100 valence electrons. The van der Waals surface area contributed by atoms with Crippen LogP contribution in [-0.4, -0.2) is 18.4 Å². The zero-order valence-corrected chi connectivity index (χ0v) is 12.1. The Balaban J connectivity index is 2.10. The molecule has 0 radical (unpaired) electrons. The van der Waals surface area contributed by atoms with Gasteiger partial charge in [-0.05, 0) is 30.3 Å². The van der Waals surface area contributed by atoms with E-state index in [2.05, 4.69) is 21.2 Å². The first-order valence-corrected chi connectivity index (χ1v) is 6.91. The number of fused-ring (bicyclic) bond motifs is 1. The molecule has 0 saturated carbocycles. The molecular weight excluding hydrogens is 320 g/mol. The quantitative estimate of drug-likeness (QED) is 0.873. The lowest BCUT2D eigenvalue weighted by Crippen LogP contribution is -2.34. The van der Waals surface area contributed by atoms with Crippen LogP contribution >= 0.6 is 15.9 Å². The van der Waals surface area contributed by atoms with Gasteiger partial charge in [-0.1, -0.05) is 34.1 Å². The fourth-order valence-electron chi connectivity index (χ4n) is 2.17. The van der Waals surface area contributed by atoms with Crippen molar-refractivity contribution in [3.63, 3.8) is 0 Å². The van der Waals surface area contributed by atoms with Gasteiger partial charge in [0.2, 0.25) is 5.91 Å². The number of nitrogens with zero attached hydrogens (tertiary/aromatic N) is 1. The maximum absolute atomic E-state index is 12.6. The van der Waals surface area contributed by atoms with E-state index in [9.17, 15) is 9.59 Å². The molecule has 0 fully saturated rings. The van der Waals surface area contributed by atoms with Crippen LogP contribution in [0.2, 0.25) is 0 Å². The van der Waals surface area contributed by atoms with E-state index in [1.807, 2.05) is 30.3 Å². The van der Waals surface area contributed by atoms with Crippen molar-refractivity contribution in [3.05, 3.63) is 58.6 Å². The molecule has 0 saturated heterocycles. The Bertz CT molecular complexity index is 686. The van der Waals surface area contributed by atoms with Crippen molar-refractivity contribution in [1.29, 1.82) is 0 Å². The summed E-state index contributed by atoms with van der Waals surface area (Å²) in [5, 5.41) is 2.76. The molecule has 2 amide bonds. The number of halogens is 1. The van der Waals surface area contributed by atoms with Gasteiger partial charge in [0, 0.05) is 10.2 Å². The van der Waals surface area contributed by atoms with Gasteiger partial charge < -0.3 is 5.32 Å². The number of hydrogen-bond acceptors (Lipinski definition) is 2. The third-order valence-electron chi connectivity index (χ3n) is 3.10. The van der Waals surface area contributed by atoms with Crippen LogP contribution in [0.4, 0.5) is 11.4 Å². The van der Waals surface area contributed by atoms with Gasteiger partial charge in [0.1, 0.15) is 6.54 Å². The number of hydrogen-bond donors (Lipinski definition) is 1. The third-order valence-corrected chi connectivity index (χ3v) is 3.59. The largest absolute Gasteiger partial charge is 0.324 e. The highest BCUT2D eigenvalue weighted by Gasteiger charge is 2.27. The molecule has 0 aliphatic carbocycles. The van der Waals surface area contributed by atoms with Crippen molar-refractivity contribution in [2.24, 2.45) is 0 Å². The molecule has 1 aliphatic rings. The van der Waals surface area contributed by atoms with E-state index in [0.29, 0.717) is 16.9 Å². The summed E-state index contributed by atoms with van der Waals surface area (Å²) in [6, 6.07) is 14.4. The average Bonchev–Trinajstić information content (AvgIpc) is 2.58. The molecule has 1 aliphatic heterocycles. The third kappa shape index (κ3) is 2.32. The molecule has 1 heterocycles. The van der Waals surface area contributed by atoms with Crippen molar-refractivity contribution in [2.75, 3.05) is 16.8 Å². The Morgan fingerprint density at radius 2 is 1.80 bits per heavy atom. The van der Waals surface area contributed by atoms with Gasteiger partial charge in [0.05, 0.1) is 11.3 Å². The predicted molar refractivity (Wildman–Crippen MR) is 80.9 cm³/mol. The normalized spacial score (nSPS) is 14.6. The fraction of sp³-hybridized carbons (Fsp3) is 0.0667. The molecule has 2 aromatic rings. The van der Waals surface area contributed by atoms with Gasteiger partial charge >= 0.3 is 0 Å². The maximum atomic E-state index is 12.6. The topological polar surface area (TPSA) is 49.4 Å². The number of rotatable bonds is 1. The molecule has 0 aromatic heterocycles. The molecule has 0 atom stereocenters. The van der Waals surface area contributed by atoms with Crippen LogP contribution in [0.3, 0.4) is 0 Å². The SMILES string of the molecule is O=C1CN(c2ccccc2)C(=O)c2cc(Br)ccc2N1. The molecule has 0 bridgehead atoms. The second-order valence-electron chi connectivity index (χ2n) is 4.46. The lowest BCUT2D eigenvalue weighted by Gasteiger charge is -2.19. The van der Waals surface area contributed by atoms with E-state index < -0.39 is 0 Å². The molecule has 3 rings (SSSR count). The minimum absolute atomic E-state index is 0.00907. The van der Waals surface area contributed by atoms with Gasteiger partial charge in [-0.3, -0.25) is 14.5 Å². The highest BCUT2D eigenvalue weighted by molar-refractivity contribution is 9.10. The monoisotopic (exact) mass is 330 g/mol. The first-order chi connectivity index (χ1) is 9.65. The Hall–Kier alpha value is -2.14. The maximum Gasteiger partial charge on any atom is 0.260 e. The van der Waals surface area contributed by atoms with Gasteiger partial charge in [-0.2, -0.15) is 0 Å². The number of carbonyl (C=O) groups excluding carboxylic acids is 2. The molecule has 5 heteroatoms. The average molecular weight is 331 g/mol. The van der Waals surface area contributed by atoms with E-state index in [1.54, 1.807) is 18.2 Å². The van der Waals surface area contributed by atoms with Crippen molar-refractivity contribution in [3.8, 4) is 0 Å². The number of anilines is 2. The Morgan fingerprint density at radius 1 is 1.05 bits per heavy atom. The van der Waals surface area contributed by atoms with Crippen LogP contribution in [0.15, 0.2) is 53.0 Å². The van der Waals surface area contributed by atoms with Crippen LogP contribution in [0, 0.1) is 0 Å². The second-order valence-corrected chi connectivity index (χ2v) is 5.38. The first kappa shape index (κ1) is 12.9. The minimum atomic E-state index is -0.205. The van der Waals surface area contributed by atoms with Gasteiger partial charge in [-0.15, -0.1) is 0 Å². The number of nitrogens with one attached hydrogen (secondary N) is 1. The number of para-hydroxylation sites is 1. The Labute approximate surface area is 124 Å². The molecule has 0 spiro atoms. The molecule has 20 heavy (non-hydrogen) atoms. The summed E-state index contributed by atoms with van der Waals surface area (Å²) in [6.07, 6.45) is 0. The lowest BCUT2D eigenvalue weighted by atomic mass is 10.1. The Kier molecular flexibility index (Phi) is 3.28. The highest BCUT2D eigenvalue weighted by atomic mass is 79.9. The fourth-order valence-corrected chi connectivity index (χ4v) is 2.53.